The summed E-state index contributed by atoms with van der Waals surface area (Å²) in [6, 6.07) is 79.4. The van der Waals surface area contributed by atoms with Crippen LogP contribution in [0.4, 0.5) is 0 Å². The van der Waals surface area contributed by atoms with Crippen LogP contribution >= 0.6 is 0 Å². The van der Waals surface area contributed by atoms with Gasteiger partial charge in [-0.1, -0.05) is 164 Å². The van der Waals surface area contributed by atoms with E-state index in [9.17, 15) is 0 Å². The van der Waals surface area contributed by atoms with Gasteiger partial charge < -0.3 is 9.13 Å². The molecule has 72 heavy (non-hydrogen) atoms. The highest BCUT2D eigenvalue weighted by atomic mass is 15.1. The quantitative estimate of drug-likeness (QED) is 0.153. The van der Waals surface area contributed by atoms with Gasteiger partial charge in [-0.05, 0) is 139 Å². The first-order valence-corrected chi connectivity index (χ1v) is 25.9. The summed E-state index contributed by atoms with van der Waals surface area (Å²) in [4.78, 5) is 17.4. The highest BCUT2D eigenvalue weighted by Crippen LogP contribution is 2.60. The number of benzene rings is 9. The van der Waals surface area contributed by atoms with E-state index in [1.165, 1.54) is 63.1 Å². The van der Waals surface area contributed by atoms with Crippen molar-refractivity contribution in [2.24, 2.45) is 17.8 Å². The second-order valence-corrected chi connectivity index (χ2v) is 21.0. The zero-order valence-electron chi connectivity index (χ0n) is 40.0. The Balaban J connectivity index is 1.02. The lowest BCUT2D eigenvalue weighted by Gasteiger charge is -2.56. The van der Waals surface area contributed by atoms with Crippen LogP contribution in [0.1, 0.15) is 44.3 Å². The van der Waals surface area contributed by atoms with Crippen LogP contribution in [-0.4, -0.2) is 24.1 Å². The summed E-state index contributed by atoms with van der Waals surface area (Å²) in [6.45, 7) is 0. The Morgan fingerprint density at radius 2 is 0.778 bits per heavy atom. The van der Waals surface area contributed by atoms with Crippen molar-refractivity contribution in [3.8, 4) is 67.5 Å². The lowest BCUT2D eigenvalue weighted by molar-refractivity contribution is -0.00938. The van der Waals surface area contributed by atoms with E-state index in [1.807, 2.05) is 0 Å². The molecular formula is C67H51N5. The number of rotatable bonds is 8. The molecule has 0 unspecified atom stereocenters. The molecule has 344 valence electrons. The van der Waals surface area contributed by atoms with Gasteiger partial charge in [-0.2, -0.15) is 0 Å². The van der Waals surface area contributed by atoms with Crippen LogP contribution in [0.15, 0.2) is 218 Å². The van der Waals surface area contributed by atoms with E-state index in [4.69, 9.17) is 15.0 Å². The number of fused-ring (bicyclic) bond motifs is 6. The minimum Gasteiger partial charge on any atom is -0.309 e. The van der Waals surface area contributed by atoms with Crippen LogP contribution in [0.5, 0.6) is 0 Å². The summed E-state index contributed by atoms with van der Waals surface area (Å²) >= 11 is 0. The molecule has 5 heteroatoms. The number of nitrogens with zero attached hydrogens (tertiary/aromatic N) is 5. The molecule has 0 aliphatic heterocycles. The van der Waals surface area contributed by atoms with Crippen molar-refractivity contribution in [1.29, 1.82) is 0 Å². The van der Waals surface area contributed by atoms with Gasteiger partial charge in [-0.25, -0.2) is 15.0 Å². The first-order chi connectivity index (χ1) is 35.6. The minimum absolute atomic E-state index is 0.0886. The molecule has 4 saturated carbocycles. The number of hydrogen-bond donors (Lipinski definition) is 0. The smallest absolute Gasteiger partial charge is 0.165 e. The Bertz CT molecular complexity index is 3890. The van der Waals surface area contributed by atoms with E-state index >= 15 is 0 Å². The number of para-hydroxylation sites is 4. The minimum atomic E-state index is -0.0886. The SMILES string of the molecule is c1ccc(-c2ccc3c(c2)c2cc(-c4ccccc4)ccc2n3-c2c(-c3ccccc3)cccc2-c2nc(-c3ccccc3-n3c4ccccc4c4ccccc43)nc(C34CC5CC(CC(C5)C3)C4)n2)cc1. The molecule has 4 aliphatic rings. The van der Waals surface area contributed by atoms with Gasteiger partial charge in [-0.15, -0.1) is 0 Å². The topological polar surface area (TPSA) is 48.5 Å². The predicted octanol–water partition coefficient (Wildman–Crippen LogP) is 16.9. The maximum absolute atomic E-state index is 5.84. The second-order valence-electron chi connectivity index (χ2n) is 21.0. The van der Waals surface area contributed by atoms with E-state index in [1.54, 1.807) is 0 Å². The summed E-state index contributed by atoms with van der Waals surface area (Å²) in [5.41, 5.74) is 15.6. The highest BCUT2D eigenvalue weighted by molar-refractivity contribution is 6.13. The Hall–Kier alpha value is -8.41. The summed E-state index contributed by atoms with van der Waals surface area (Å²) in [6.07, 6.45) is 7.47. The van der Waals surface area contributed by atoms with Gasteiger partial charge in [0.25, 0.3) is 0 Å². The largest absolute Gasteiger partial charge is 0.309 e. The first kappa shape index (κ1) is 41.4. The maximum atomic E-state index is 5.84. The van der Waals surface area contributed by atoms with Crippen LogP contribution in [0.2, 0.25) is 0 Å². The fourth-order valence-electron chi connectivity index (χ4n) is 14.0. The van der Waals surface area contributed by atoms with Gasteiger partial charge >= 0.3 is 0 Å². The Morgan fingerprint density at radius 3 is 1.35 bits per heavy atom. The third kappa shape index (κ3) is 6.56. The Kier molecular flexibility index (Phi) is 9.38. The van der Waals surface area contributed by atoms with Gasteiger partial charge in [0.1, 0.15) is 5.82 Å². The standard InChI is InChI=1S/C67H51N5/c1-4-17-46(18-5-1)49-31-33-61-56(38-49)57-39-50(47-19-6-2-7-20-47)32-34-62(57)72(61)63-51(48-21-8-3-9-22-48)26-16-27-55(63)65-68-64(69-66(70-65)67-40-43-35-44(41-67)37-45(36-43)42-67)54-25-12-15-30-60(54)71-58-28-13-10-23-52(58)53-24-11-14-29-59(53)71/h1-34,38-39,43-45H,35-37,40-42H2. The zero-order valence-corrected chi connectivity index (χ0v) is 40.0. The van der Waals surface area contributed by atoms with Gasteiger partial charge in [0.2, 0.25) is 0 Å². The molecule has 3 aromatic heterocycles. The van der Waals surface area contributed by atoms with Crippen molar-refractivity contribution < 1.29 is 0 Å². The van der Waals surface area contributed by atoms with E-state index in [-0.39, 0.29) is 5.41 Å². The molecule has 0 spiro atoms. The predicted molar refractivity (Wildman–Crippen MR) is 296 cm³/mol. The molecule has 4 bridgehead atoms. The Labute approximate surface area is 419 Å². The van der Waals surface area contributed by atoms with Crippen molar-refractivity contribution >= 4 is 43.6 Å². The molecule has 9 aromatic carbocycles. The summed E-state index contributed by atoms with van der Waals surface area (Å²) in [7, 11) is 0. The second kappa shape index (κ2) is 16.3. The fourth-order valence-corrected chi connectivity index (χ4v) is 14.0. The third-order valence-electron chi connectivity index (χ3n) is 16.7. The van der Waals surface area contributed by atoms with Gasteiger partial charge in [0.05, 0.1) is 33.4 Å². The molecular weight excluding hydrogens is 875 g/mol. The Morgan fingerprint density at radius 1 is 0.333 bits per heavy atom. The van der Waals surface area contributed by atoms with E-state index in [0.29, 0.717) is 5.82 Å². The summed E-state index contributed by atoms with van der Waals surface area (Å²) in [5.74, 6) is 4.58. The summed E-state index contributed by atoms with van der Waals surface area (Å²) in [5, 5.41) is 4.86. The van der Waals surface area contributed by atoms with Crippen LogP contribution in [0.3, 0.4) is 0 Å². The van der Waals surface area contributed by atoms with Crippen LogP contribution < -0.4 is 0 Å². The van der Waals surface area contributed by atoms with Crippen molar-refractivity contribution in [1.82, 2.24) is 24.1 Å². The molecule has 0 N–H and O–H groups in total. The average Bonchev–Trinajstić information content (AvgIpc) is 3.95. The molecule has 0 atom stereocenters. The van der Waals surface area contributed by atoms with Crippen LogP contribution in [-0.2, 0) is 5.41 Å². The molecule has 4 fully saturated rings. The van der Waals surface area contributed by atoms with Gasteiger partial charge in [0.15, 0.2) is 11.6 Å². The number of aromatic nitrogens is 5. The molecule has 3 heterocycles. The van der Waals surface area contributed by atoms with Gasteiger partial charge in [-0.3, -0.25) is 0 Å². The highest BCUT2D eigenvalue weighted by Gasteiger charge is 2.53. The lowest BCUT2D eigenvalue weighted by atomic mass is 9.49. The molecule has 12 aromatic rings. The van der Waals surface area contributed by atoms with Crippen molar-refractivity contribution in [2.45, 2.75) is 43.9 Å². The van der Waals surface area contributed by atoms with Crippen molar-refractivity contribution in [2.75, 3.05) is 0 Å². The zero-order chi connectivity index (χ0) is 47.3. The summed E-state index contributed by atoms with van der Waals surface area (Å²) < 4.78 is 4.92. The monoisotopic (exact) mass is 925 g/mol. The van der Waals surface area contributed by atoms with Crippen LogP contribution in [0, 0.1) is 17.8 Å². The lowest BCUT2D eigenvalue weighted by Crippen LogP contribution is -2.49. The average molecular weight is 926 g/mol. The molecule has 0 saturated heterocycles. The fraction of sp³-hybridized carbons (Fsp3) is 0.149. The molecule has 16 rings (SSSR count). The van der Waals surface area contributed by atoms with Crippen molar-refractivity contribution in [3.63, 3.8) is 0 Å². The molecule has 0 radical (unpaired) electrons. The van der Waals surface area contributed by atoms with Gasteiger partial charge in [0, 0.05) is 43.7 Å². The van der Waals surface area contributed by atoms with E-state index < -0.39 is 0 Å². The molecule has 4 aliphatic carbocycles. The van der Waals surface area contributed by atoms with Crippen LogP contribution in [0.25, 0.3) is 111 Å². The normalized spacial score (nSPS) is 19.2. The van der Waals surface area contributed by atoms with E-state index in [0.717, 1.165) is 104 Å². The van der Waals surface area contributed by atoms with Crippen molar-refractivity contribution in [3.05, 3.63) is 224 Å². The third-order valence-corrected chi connectivity index (χ3v) is 16.7. The first-order valence-electron chi connectivity index (χ1n) is 25.9. The maximum Gasteiger partial charge on any atom is 0.165 e. The molecule has 5 nitrogen and oxygen atoms in total. The number of hydrogen-bond acceptors (Lipinski definition) is 3. The van der Waals surface area contributed by atoms with E-state index in [2.05, 4.69) is 228 Å². The molecule has 0 amide bonds.